The minimum absolute atomic E-state index is 0.0688. The number of hydrogen-bond donors (Lipinski definition) is 1. The van der Waals surface area contributed by atoms with Crippen molar-refractivity contribution in [2.24, 2.45) is 18.9 Å². The number of aryl methyl sites for hydroxylation is 1. The van der Waals surface area contributed by atoms with E-state index in [9.17, 15) is 39.7 Å². The highest BCUT2D eigenvalue weighted by Gasteiger charge is 2.60. The summed E-state index contributed by atoms with van der Waals surface area (Å²) in [6, 6.07) is 10.7. The van der Waals surface area contributed by atoms with Crippen molar-refractivity contribution < 1.29 is 43.4 Å². The molecule has 0 bridgehead atoms. The number of β-lactam (4-membered cyclic amide) rings is 1. The van der Waals surface area contributed by atoms with Crippen LogP contribution in [-0.4, -0.2) is 77.3 Å². The third kappa shape index (κ3) is 7.30. The summed E-state index contributed by atoms with van der Waals surface area (Å²) in [6.45, 7) is 3.95. The number of esters is 1. The van der Waals surface area contributed by atoms with Gasteiger partial charge in [-0.2, -0.15) is 0 Å². The van der Waals surface area contributed by atoms with Crippen LogP contribution >= 0.6 is 11.8 Å². The van der Waals surface area contributed by atoms with Crippen LogP contribution in [0, 0.1) is 32.1 Å². The van der Waals surface area contributed by atoms with Crippen LogP contribution in [0.5, 0.6) is 0 Å². The average molecular weight is 722 g/mol. The fourth-order valence-electron chi connectivity index (χ4n) is 6.93. The summed E-state index contributed by atoms with van der Waals surface area (Å²) in [5, 5.41) is 32.3. The SMILES string of the molecule is C[C@@H](O)[C@H]1C(=O)N2C(C(=O)OCc3ccc([N+](=O)[O-])cc3)=C(S[C@H]3C[C@@H](Cn4cc[n+](C)c4)N(C(=O)OCc4ccc([N+](=O)[O-])cc4)C3)[C@H](C)[C@H]12. The number of amides is 2. The van der Waals surface area contributed by atoms with Crippen molar-refractivity contribution in [3.8, 4) is 0 Å². The second-order valence-electron chi connectivity index (χ2n) is 13.0. The molecule has 0 saturated carbocycles. The number of nitro groups is 2. The van der Waals surface area contributed by atoms with Gasteiger partial charge in [0.05, 0.1) is 41.0 Å². The Bertz CT molecular complexity index is 1880. The monoisotopic (exact) mass is 721 g/mol. The van der Waals surface area contributed by atoms with Crippen LogP contribution < -0.4 is 4.57 Å². The number of carbonyl (C=O) groups excluding carboxylic acids is 3. The van der Waals surface area contributed by atoms with Crippen molar-refractivity contribution in [2.45, 2.75) is 63.5 Å². The van der Waals surface area contributed by atoms with E-state index in [4.69, 9.17) is 9.47 Å². The average Bonchev–Trinajstić information content (AvgIpc) is 3.77. The Kier molecular flexibility index (Phi) is 10.1. The second kappa shape index (κ2) is 14.5. The summed E-state index contributed by atoms with van der Waals surface area (Å²) in [7, 11) is 1.89. The number of ether oxygens (including phenoxy) is 2. The lowest BCUT2D eigenvalue weighted by Gasteiger charge is -2.46. The van der Waals surface area contributed by atoms with E-state index in [-0.39, 0.29) is 59.9 Å². The molecule has 268 valence electrons. The number of hydrogen-bond acceptors (Lipinski definition) is 11. The number of rotatable bonds is 12. The molecule has 0 aliphatic carbocycles. The summed E-state index contributed by atoms with van der Waals surface area (Å²) >= 11 is 1.41. The largest absolute Gasteiger partial charge is 0.456 e. The van der Waals surface area contributed by atoms with Crippen molar-refractivity contribution in [2.75, 3.05) is 6.54 Å². The zero-order chi connectivity index (χ0) is 36.6. The van der Waals surface area contributed by atoms with Crippen molar-refractivity contribution in [3.63, 3.8) is 0 Å². The van der Waals surface area contributed by atoms with E-state index in [2.05, 4.69) is 0 Å². The van der Waals surface area contributed by atoms with Gasteiger partial charge in [-0.1, -0.05) is 6.92 Å². The van der Waals surface area contributed by atoms with Gasteiger partial charge in [-0.15, -0.1) is 11.8 Å². The zero-order valence-electron chi connectivity index (χ0n) is 28.1. The molecule has 1 N–H and O–H groups in total. The molecule has 51 heavy (non-hydrogen) atoms. The summed E-state index contributed by atoms with van der Waals surface area (Å²) in [6.07, 6.45) is 4.74. The Labute approximate surface area is 296 Å². The van der Waals surface area contributed by atoms with Gasteiger partial charge < -0.3 is 24.4 Å². The topological polar surface area (TPSA) is 191 Å². The standard InChI is InChI=1S/C34H37N6O10S/c1-20-29-28(21(2)41)32(42)38(29)30(33(43)49-17-22-4-8-24(9-5-22)39(45)46)31(20)51-27-14-26(15-36-13-12-35(3)19-36)37(16-27)34(44)50-18-23-6-10-25(11-7-23)40(47)48/h4-13,19-21,26-29,41H,14-18H2,1-3H3/q+1/t20-,21-,26+,27+,28-,29-/m1/s1. The number of nitro benzene ring substituents is 2. The number of thioether (sulfide) groups is 1. The first kappa shape index (κ1) is 35.5. The maximum Gasteiger partial charge on any atom is 0.410 e. The molecule has 3 aliphatic heterocycles. The number of aromatic nitrogens is 2. The predicted octanol–water partition coefficient (Wildman–Crippen LogP) is 3.45. The van der Waals surface area contributed by atoms with E-state index < -0.39 is 40.0 Å². The van der Waals surface area contributed by atoms with Gasteiger partial charge in [-0.25, -0.2) is 18.7 Å². The lowest BCUT2D eigenvalue weighted by Crippen LogP contribution is -2.63. The molecule has 3 aromatic rings. The lowest BCUT2D eigenvalue weighted by atomic mass is 9.79. The Hall–Kier alpha value is -5.29. The summed E-state index contributed by atoms with van der Waals surface area (Å²) in [4.78, 5) is 65.3. The number of aliphatic hydroxyl groups is 1. The highest BCUT2D eigenvalue weighted by atomic mass is 32.2. The number of imidazole rings is 1. The quantitative estimate of drug-likeness (QED) is 0.0947. The number of fused-ring (bicyclic) bond motifs is 1. The van der Waals surface area contributed by atoms with Crippen LogP contribution in [0.2, 0.25) is 0 Å². The number of non-ortho nitro benzene ring substituents is 2. The smallest absolute Gasteiger partial charge is 0.410 e. The maximum atomic E-state index is 13.7. The fourth-order valence-corrected chi connectivity index (χ4v) is 8.49. The van der Waals surface area contributed by atoms with E-state index >= 15 is 0 Å². The molecular formula is C34H37N6O10S+. The van der Waals surface area contributed by atoms with Gasteiger partial charge in [-0.3, -0.25) is 25.0 Å². The van der Waals surface area contributed by atoms with Crippen LogP contribution in [0.3, 0.4) is 0 Å². The van der Waals surface area contributed by atoms with Gasteiger partial charge in [0.25, 0.3) is 11.4 Å². The Morgan fingerprint density at radius 1 is 1.02 bits per heavy atom. The molecule has 2 saturated heterocycles. The summed E-state index contributed by atoms with van der Waals surface area (Å²) in [5.41, 5.74) is 1.06. The van der Waals surface area contributed by atoms with Gasteiger partial charge in [0.1, 0.15) is 37.8 Å². The molecule has 16 nitrogen and oxygen atoms in total. The van der Waals surface area contributed by atoms with Gasteiger partial charge in [-0.05, 0) is 48.7 Å². The first-order valence-electron chi connectivity index (χ1n) is 16.3. The molecule has 2 amide bonds. The van der Waals surface area contributed by atoms with Crippen LogP contribution in [0.4, 0.5) is 16.2 Å². The third-order valence-corrected chi connectivity index (χ3v) is 11.0. The lowest BCUT2D eigenvalue weighted by molar-refractivity contribution is -0.671. The number of aliphatic hydroxyl groups excluding tert-OH is 1. The summed E-state index contributed by atoms with van der Waals surface area (Å²) in [5.74, 6) is -2.09. The van der Waals surface area contributed by atoms with E-state index in [0.717, 1.165) is 0 Å². The van der Waals surface area contributed by atoms with Crippen molar-refractivity contribution in [1.29, 1.82) is 0 Å². The molecule has 4 heterocycles. The molecule has 6 atom stereocenters. The van der Waals surface area contributed by atoms with Crippen LogP contribution in [0.15, 0.2) is 77.9 Å². The minimum Gasteiger partial charge on any atom is -0.456 e. The summed E-state index contributed by atoms with van der Waals surface area (Å²) < 4.78 is 15.2. The van der Waals surface area contributed by atoms with Crippen molar-refractivity contribution in [1.82, 2.24) is 14.4 Å². The normalized spacial score (nSPS) is 23.1. The van der Waals surface area contributed by atoms with E-state index in [1.165, 1.54) is 65.2 Å². The molecule has 3 aliphatic rings. The van der Waals surface area contributed by atoms with Crippen LogP contribution in [0.1, 0.15) is 31.4 Å². The Morgan fingerprint density at radius 2 is 1.61 bits per heavy atom. The van der Waals surface area contributed by atoms with Crippen LogP contribution in [-0.2, 0) is 45.9 Å². The second-order valence-corrected chi connectivity index (χ2v) is 14.3. The van der Waals surface area contributed by atoms with Crippen LogP contribution in [0.25, 0.3) is 0 Å². The zero-order valence-corrected chi connectivity index (χ0v) is 28.9. The van der Waals surface area contributed by atoms with Gasteiger partial charge in [0, 0.05) is 46.9 Å². The van der Waals surface area contributed by atoms with Gasteiger partial charge in [0.15, 0.2) is 0 Å². The Balaban J connectivity index is 1.21. The van der Waals surface area contributed by atoms with Crippen molar-refractivity contribution >= 4 is 41.1 Å². The number of likely N-dealkylation sites (tertiary alicyclic amines) is 1. The molecule has 6 rings (SSSR count). The van der Waals surface area contributed by atoms with E-state index in [0.29, 0.717) is 29.0 Å². The highest BCUT2D eigenvalue weighted by molar-refractivity contribution is 8.03. The molecule has 0 unspecified atom stereocenters. The van der Waals surface area contributed by atoms with Crippen molar-refractivity contribution in [3.05, 3.63) is 109 Å². The molecule has 1 aromatic heterocycles. The number of nitrogens with zero attached hydrogens (tertiary/aromatic N) is 6. The highest BCUT2D eigenvalue weighted by Crippen LogP contribution is 2.52. The fraction of sp³-hybridized carbons (Fsp3) is 0.412. The first-order valence-corrected chi connectivity index (χ1v) is 17.2. The molecular weight excluding hydrogens is 684 g/mol. The molecule has 17 heteroatoms. The third-order valence-electron chi connectivity index (χ3n) is 9.48. The number of carbonyl (C=O) groups is 3. The maximum absolute atomic E-state index is 13.7. The van der Waals surface area contributed by atoms with E-state index in [1.54, 1.807) is 11.8 Å². The minimum atomic E-state index is -0.928. The first-order chi connectivity index (χ1) is 24.3. The predicted molar refractivity (Wildman–Crippen MR) is 180 cm³/mol. The molecule has 0 spiro atoms. The molecule has 2 fully saturated rings. The number of benzene rings is 2. The Morgan fingerprint density at radius 3 is 2.14 bits per heavy atom. The van der Waals surface area contributed by atoms with E-state index in [1.807, 2.05) is 41.8 Å². The van der Waals surface area contributed by atoms with Gasteiger partial charge in [0.2, 0.25) is 12.2 Å². The molecule has 2 aromatic carbocycles. The molecule has 0 radical (unpaired) electrons. The van der Waals surface area contributed by atoms with Gasteiger partial charge >= 0.3 is 12.1 Å².